The van der Waals surface area contributed by atoms with Gasteiger partial charge in [0.2, 0.25) is 0 Å². The summed E-state index contributed by atoms with van der Waals surface area (Å²) in [5.41, 5.74) is -0.418. The Morgan fingerprint density at radius 3 is 2.50 bits per heavy atom. The van der Waals surface area contributed by atoms with Crippen molar-refractivity contribution in [2.75, 3.05) is 6.61 Å². The number of carbonyl (C=O) groups is 1. The molecule has 6 nitrogen and oxygen atoms in total. The SMILES string of the molecule is O=C(O)C(Cl)COc1cc(Cl)c(Cl)cc1[N+](=O)[O-]. The molecule has 1 rings (SSSR count). The van der Waals surface area contributed by atoms with E-state index >= 15 is 0 Å². The minimum Gasteiger partial charge on any atom is -0.485 e. The summed E-state index contributed by atoms with van der Waals surface area (Å²) in [6.07, 6.45) is 0. The van der Waals surface area contributed by atoms with E-state index in [1.54, 1.807) is 0 Å². The molecule has 0 aromatic heterocycles. The average molecular weight is 315 g/mol. The molecule has 0 bridgehead atoms. The summed E-state index contributed by atoms with van der Waals surface area (Å²) >= 11 is 16.7. The Kier molecular flexibility index (Phi) is 5.01. The van der Waals surface area contributed by atoms with Gasteiger partial charge in [0.25, 0.3) is 0 Å². The Hall–Kier alpha value is -1.24. The van der Waals surface area contributed by atoms with Gasteiger partial charge in [-0.2, -0.15) is 0 Å². The number of aliphatic carboxylic acids is 1. The molecule has 1 atom stereocenters. The standard InChI is InChI=1S/C9H6Cl3NO5/c10-4-1-7(13(16)17)8(2-5(4)11)18-3-6(12)9(14)15/h1-2,6H,3H2,(H,14,15). The Bertz CT molecular complexity index is 493. The van der Waals surface area contributed by atoms with Crippen LogP contribution < -0.4 is 4.74 Å². The first-order chi connectivity index (χ1) is 8.32. The Morgan fingerprint density at radius 1 is 1.44 bits per heavy atom. The van der Waals surface area contributed by atoms with Crippen LogP contribution in [0.3, 0.4) is 0 Å². The zero-order valence-electron chi connectivity index (χ0n) is 8.60. The summed E-state index contributed by atoms with van der Waals surface area (Å²) in [6, 6.07) is 2.15. The molecule has 1 N–H and O–H groups in total. The maximum absolute atomic E-state index is 10.7. The largest absolute Gasteiger partial charge is 0.485 e. The zero-order chi connectivity index (χ0) is 13.9. The molecule has 0 saturated heterocycles. The summed E-state index contributed by atoms with van der Waals surface area (Å²) in [6.45, 7) is -0.435. The van der Waals surface area contributed by atoms with Crippen molar-refractivity contribution in [2.45, 2.75) is 5.38 Å². The highest BCUT2D eigenvalue weighted by atomic mass is 35.5. The van der Waals surface area contributed by atoms with Crippen molar-refractivity contribution >= 4 is 46.5 Å². The van der Waals surface area contributed by atoms with Crippen molar-refractivity contribution in [2.24, 2.45) is 0 Å². The molecule has 0 radical (unpaired) electrons. The maximum atomic E-state index is 10.7. The van der Waals surface area contributed by atoms with Crippen LogP contribution in [0.1, 0.15) is 0 Å². The zero-order valence-corrected chi connectivity index (χ0v) is 10.9. The first-order valence-electron chi connectivity index (χ1n) is 4.46. The number of nitro groups is 1. The molecule has 0 spiro atoms. The van der Waals surface area contributed by atoms with Gasteiger partial charge in [-0.25, -0.2) is 0 Å². The molecule has 9 heteroatoms. The molecule has 1 aromatic carbocycles. The van der Waals surface area contributed by atoms with Crippen molar-refractivity contribution in [3.63, 3.8) is 0 Å². The predicted molar refractivity (Wildman–Crippen MR) is 65.9 cm³/mol. The van der Waals surface area contributed by atoms with E-state index in [0.29, 0.717) is 0 Å². The van der Waals surface area contributed by atoms with E-state index in [9.17, 15) is 14.9 Å². The Balaban J connectivity index is 2.97. The van der Waals surface area contributed by atoms with E-state index in [-0.39, 0.29) is 15.8 Å². The molecule has 0 amide bonds. The second kappa shape index (κ2) is 6.08. The van der Waals surface area contributed by atoms with Crippen LogP contribution in [0.5, 0.6) is 5.75 Å². The summed E-state index contributed by atoms with van der Waals surface area (Å²) in [5.74, 6) is -1.49. The van der Waals surface area contributed by atoms with Crippen LogP contribution in [0, 0.1) is 10.1 Å². The van der Waals surface area contributed by atoms with Crippen LogP contribution in [0.2, 0.25) is 10.0 Å². The lowest BCUT2D eigenvalue weighted by Gasteiger charge is -2.09. The number of hydrogen-bond acceptors (Lipinski definition) is 4. The van der Waals surface area contributed by atoms with Gasteiger partial charge in [-0.3, -0.25) is 14.9 Å². The summed E-state index contributed by atoms with van der Waals surface area (Å²) in [4.78, 5) is 20.5. The molecule has 1 unspecified atom stereocenters. The number of carboxylic acids is 1. The smallest absolute Gasteiger partial charge is 0.325 e. The lowest BCUT2D eigenvalue weighted by atomic mass is 10.3. The third-order valence-corrected chi connectivity index (χ3v) is 2.89. The van der Waals surface area contributed by atoms with E-state index in [4.69, 9.17) is 44.6 Å². The highest BCUT2D eigenvalue weighted by Crippen LogP contribution is 2.35. The van der Waals surface area contributed by atoms with Gasteiger partial charge in [0.1, 0.15) is 6.61 Å². The van der Waals surface area contributed by atoms with Crippen LogP contribution in [0.25, 0.3) is 0 Å². The number of nitrogens with zero attached hydrogens (tertiary/aromatic N) is 1. The Morgan fingerprint density at radius 2 is 2.00 bits per heavy atom. The summed E-state index contributed by atoms with van der Waals surface area (Å²) in [7, 11) is 0. The van der Waals surface area contributed by atoms with E-state index in [1.807, 2.05) is 0 Å². The maximum Gasteiger partial charge on any atom is 0.325 e. The number of carboxylic acid groups (broad SMARTS) is 1. The van der Waals surface area contributed by atoms with Gasteiger partial charge in [0.05, 0.1) is 15.0 Å². The topological polar surface area (TPSA) is 89.7 Å². The second-order valence-electron chi connectivity index (χ2n) is 3.11. The van der Waals surface area contributed by atoms with E-state index in [1.165, 1.54) is 0 Å². The highest BCUT2D eigenvalue weighted by molar-refractivity contribution is 6.42. The number of hydrogen-bond donors (Lipinski definition) is 1. The van der Waals surface area contributed by atoms with Crippen LogP contribution in [-0.2, 0) is 4.79 Å². The number of halogens is 3. The second-order valence-corrected chi connectivity index (χ2v) is 4.45. The highest BCUT2D eigenvalue weighted by Gasteiger charge is 2.21. The van der Waals surface area contributed by atoms with E-state index < -0.39 is 28.6 Å². The summed E-state index contributed by atoms with van der Waals surface area (Å²) < 4.78 is 4.96. The molecule has 98 valence electrons. The van der Waals surface area contributed by atoms with Gasteiger partial charge in [0.15, 0.2) is 11.1 Å². The lowest BCUT2D eigenvalue weighted by Crippen LogP contribution is -2.21. The number of rotatable bonds is 5. The molecule has 1 aromatic rings. The number of nitro benzene ring substituents is 1. The first-order valence-corrected chi connectivity index (χ1v) is 5.65. The molecule has 0 aliphatic carbocycles. The van der Waals surface area contributed by atoms with Crippen molar-refractivity contribution in [1.82, 2.24) is 0 Å². The quantitative estimate of drug-likeness (QED) is 0.512. The fourth-order valence-corrected chi connectivity index (χ4v) is 1.39. The van der Waals surface area contributed by atoms with Gasteiger partial charge in [-0.05, 0) is 0 Å². The van der Waals surface area contributed by atoms with E-state index in [0.717, 1.165) is 12.1 Å². The predicted octanol–water partition coefficient (Wildman–Crippen LogP) is 2.97. The molecule has 0 saturated carbocycles. The molecule has 18 heavy (non-hydrogen) atoms. The molecule has 0 fully saturated rings. The molecular formula is C9H6Cl3NO5. The monoisotopic (exact) mass is 313 g/mol. The van der Waals surface area contributed by atoms with Gasteiger partial charge < -0.3 is 9.84 Å². The van der Waals surface area contributed by atoms with Crippen LogP contribution in [0.15, 0.2) is 12.1 Å². The minimum atomic E-state index is -1.32. The normalized spacial score (nSPS) is 11.9. The van der Waals surface area contributed by atoms with E-state index in [2.05, 4.69) is 0 Å². The third kappa shape index (κ3) is 3.63. The summed E-state index contributed by atoms with van der Waals surface area (Å²) in [5, 5.41) is 18.0. The van der Waals surface area contributed by atoms with Crippen LogP contribution >= 0.6 is 34.8 Å². The fraction of sp³-hybridized carbons (Fsp3) is 0.222. The molecule has 0 aliphatic rings. The molecule has 0 heterocycles. The molecule has 0 aliphatic heterocycles. The minimum absolute atomic E-state index is 0.00336. The first kappa shape index (κ1) is 14.8. The van der Waals surface area contributed by atoms with Gasteiger partial charge >= 0.3 is 11.7 Å². The van der Waals surface area contributed by atoms with Crippen molar-refractivity contribution in [1.29, 1.82) is 0 Å². The van der Waals surface area contributed by atoms with Gasteiger partial charge in [-0.1, -0.05) is 23.2 Å². The van der Waals surface area contributed by atoms with Crippen molar-refractivity contribution in [3.8, 4) is 5.75 Å². The van der Waals surface area contributed by atoms with Crippen molar-refractivity contribution < 1.29 is 19.6 Å². The average Bonchev–Trinajstić information content (AvgIpc) is 2.29. The lowest BCUT2D eigenvalue weighted by molar-refractivity contribution is -0.385. The number of alkyl halides is 1. The molecular weight excluding hydrogens is 308 g/mol. The van der Waals surface area contributed by atoms with Crippen LogP contribution in [0.4, 0.5) is 5.69 Å². The van der Waals surface area contributed by atoms with Gasteiger partial charge in [-0.15, -0.1) is 11.6 Å². The number of benzene rings is 1. The van der Waals surface area contributed by atoms with Gasteiger partial charge in [0, 0.05) is 12.1 Å². The van der Waals surface area contributed by atoms with Crippen molar-refractivity contribution in [3.05, 3.63) is 32.3 Å². The number of ether oxygens (including phenoxy) is 1. The van der Waals surface area contributed by atoms with Crippen LogP contribution in [-0.4, -0.2) is 28.0 Å². The third-order valence-electron chi connectivity index (χ3n) is 1.85. The fourth-order valence-electron chi connectivity index (χ4n) is 1.01. The Labute approximate surface area is 116 Å².